The maximum absolute atomic E-state index is 12.3. The summed E-state index contributed by atoms with van der Waals surface area (Å²) in [6.07, 6.45) is 4.92. The van der Waals surface area contributed by atoms with E-state index in [9.17, 15) is 9.90 Å². The van der Waals surface area contributed by atoms with Gasteiger partial charge in [0.1, 0.15) is 0 Å². The first-order valence-corrected chi connectivity index (χ1v) is 7.92. The Hall–Kier alpha value is -1.39. The smallest absolute Gasteiger partial charge is 0.237 e. The Morgan fingerprint density at radius 3 is 2.43 bits per heavy atom. The van der Waals surface area contributed by atoms with Crippen molar-refractivity contribution in [2.24, 2.45) is 0 Å². The van der Waals surface area contributed by atoms with Crippen LogP contribution in [-0.2, 0) is 17.9 Å². The largest absolute Gasteiger partial charge is 0.392 e. The van der Waals surface area contributed by atoms with Crippen molar-refractivity contribution in [3.05, 3.63) is 35.4 Å². The minimum Gasteiger partial charge on any atom is -0.392 e. The van der Waals surface area contributed by atoms with Crippen LogP contribution in [0.15, 0.2) is 24.3 Å². The van der Waals surface area contributed by atoms with Gasteiger partial charge in [0, 0.05) is 6.54 Å². The number of likely N-dealkylation sites (tertiary alicyclic amines) is 1. The Balaban J connectivity index is 1.88. The zero-order valence-corrected chi connectivity index (χ0v) is 12.8. The van der Waals surface area contributed by atoms with E-state index in [1.54, 1.807) is 0 Å². The number of hydrogen-bond donors (Lipinski definition) is 2. The molecule has 0 bridgehead atoms. The SMILES string of the molecule is CC(C(=O)NCc1ccccc1CO)N1CCCCCC1. The monoisotopic (exact) mass is 290 g/mol. The normalized spacial score (nSPS) is 18.0. The molecule has 1 aromatic rings. The second-order valence-corrected chi connectivity index (χ2v) is 5.77. The minimum absolute atomic E-state index is 0.00766. The van der Waals surface area contributed by atoms with Gasteiger partial charge in [-0.05, 0) is 44.0 Å². The first kappa shape index (κ1) is 16.0. The summed E-state index contributed by atoms with van der Waals surface area (Å²) in [5, 5.41) is 12.3. The van der Waals surface area contributed by atoms with Crippen LogP contribution in [0.25, 0.3) is 0 Å². The summed E-state index contributed by atoms with van der Waals surface area (Å²) in [5.41, 5.74) is 1.86. The van der Waals surface area contributed by atoms with Crippen LogP contribution < -0.4 is 5.32 Å². The highest BCUT2D eigenvalue weighted by molar-refractivity contribution is 5.81. The Bertz CT molecular complexity index is 454. The van der Waals surface area contributed by atoms with Gasteiger partial charge in [-0.15, -0.1) is 0 Å². The summed E-state index contributed by atoms with van der Waals surface area (Å²) < 4.78 is 0. The molecule has 0 aromatic heterocycles. The average Bonchev–Trinajstić information content (AvgIpc) is 2.81. The molecule has 1 aromatic carbocycles. The van der Waals surface area contributed by atoms with Gasteiger partial charge in [-0.3, -0.25) is 9.69 Å². The van der Waals surface area contributed by atoms with Crippen LogP contribution in [0.1, 0.15) is 43.7 Å². The number of carbonyl (C=O) groups is 1. The molecule has 116 valence electrons. The van der Waals surface area contributed by atoms with Gasteiger partial charge in [0.05, 0.1) is 12.6 Å². The molecule has 1 aliphatic rings. The van der Waals surface area contributed by atoms with Crippen molar-refractivity contribution < 1.29 is 9.90 Å². The number of nitrogens with zero attached hydrogens (tertiary/aromatic N) is 1. The molecular weight excluding hydrogens is 264 g/mol. The van der Waals surface area contributed by atoms with Crippen LogP contribution in [0.3, 0.4) is 0 Å². The summed E-state index contributed by atoms with van der Waals surface area (Å²) in [4.78, 5) is 14.6. The molecule has 4 heteroatoms. The van der Waals surface area contributed by atoms with Gasteiger partial charge in [0.2, 0.25) is 5.91 Å². The molecule has 1 aliphatic heterocycles. The average molecular weight is 290 g/mol. The summed E-state index contributed by atoms with van der Waals surface area (Å²) >= 11 is 0. The Kier molecular flexibility index (Phi) is 6.21. The van der Waals surface area contributed by atoms with E-state index in [2.05, 4.69) is 10.2 Å². The molecule has 1 saturated heterocycles. The maximum Gasteiger partial charge on any atom is 0.237 e. The first-order valence-electron chi connectivity index (χ1n) is 7.92. The van der Waals surface area contributed by atoms with Gasteiger partial charge < -0.3 is 10.4 Å². The summed E-state index contributed by atoms with van der Waals surface area (Å²) in [6, 6.07) is 7.59. The zero-order chi connectivity index (χ0) is 15.1. The highest BCUT2D eigenvalue weighted by Gasteiger charge is 2.21. The van der Waals surface area contributed by atoms with Crippen LogP contribution in [0, 0.1) is 0 Å². The summed E-state index contributed by atoms with van der Waals surface area (Å²) in [6.45, 7) is 4.50. The van der Waals surface area contributed by atoms with E-state index in [4.69, 9.17) is 0 Å². The maximum atomic E-state index is 12.3. The molecule has 1 amide bonds. The van der Waals surface area contributed by atoms with E-state index in [-0.39, 0.29) is 18.6 Å². The van der Waals surface area contributed by atoms with Gasteiger partial charge in [-0.25, -0.2) is 0 Å². The number of carbonyl (C=O) groups excluding carboxylic acids is 1. The predicted octanol–water partition coefficient (Wildman–Crippen LogP) is 2.06. The molecular formula is C17H26N2O2. The van der Waals surface area contributed by atoms with Gasteiger partial charge in [-0.1, -0.05) is 37.1 Å². The zero-order valence-electron chi connectivity index (χ0n) is 12.8. The third kappa shape index (κ3) is 4.55. The van der Waals surface area contributed by atoms with Crippen molar-refractivity contribution in [1.29, 1.82) is 0 Å². The van der Waals surface area contributed by atoms with E-state index >= 15 is 0 Å². The summed E-state index contributed by atoms with van der Waals surface area (Å²) in [7, 11) is 0. The molecule has 1 atom stereocenters. The lowest BCUT2D eigenvalue weighted by molar-refractivity contribution is -0.126. The lowest BCUT2D eigenvalue weighted by atomic mass is 10.1. The topological polar surface area (TPSA) is 52.6 Å². The molecule has 21 heavy (non-hydrogen) atoms. The van der Waals surface area contributed by atoms with E-state index in [1.165, 1.54) is 25.7 Å². The predicted molar refractivity (Wildman–Crippen MR) is 83.7 cm³/mol. The molecule has 1 fully saturated rings. The van der Waals surface area contributed by atoms with E-state index in [0.717, 1.165) is 24.2 Å². The fourth-order valence-corrected chi connectivity index (χ4v) is 2.86. The fourth-order valence-electron chi connectivity index (χ4n) is 2.86. The lowest BCUT2D eigenvalue weighted by Gasteiger charge is -2.26. The van der Waals surface area contributed by atoms with E-state index in [1.807, 2.05) is 31.2 Å². The van der Waals surface area contributed by atoms with Crippen molar-refractivity contribution in [3.8, 4) is 0 Å². The van der Waals surface area contributed by atoms with Crippen molar-refractivity contribution in [2.75, 3.05) is 13.1 Å². The Morgan fingerprint density at radius 1 is 1.19 bits per heavy atom. The number of nitrogens with one attached hydrogen (secondary N) is 1. The third-order valence-electron chi connectivity index (χ3n) is 4.31. The number of hydrogen-bond acceptors (Lipinski definition) is 3. The second-order valence-electron chi connectivity index (χ2n) is 5.77. The number of aliphatic hydroxyl groups excluding tert-OH is 1. The van der Waals surface area contributed by atoms with Crippen LogP contribution in [0.5, 0.6) is 0 Å². The van der Waals surface area contributed by atoms with Crippen LogP contribution in [-0.4, -0.2) is 35.0 Å². The first-order chi connectivity index (χ1) is 10.2. The lowest BCUT2D eigenvalue weighted by Crippen LogP contribution is -2.45. The molecule has 4 nitrogen and oxygen atoms in total. The van der Waals surface area contributed by atoms with Crippen molar-refractivity contribution in [2.45, 2.75) is 51.8 Å². The van der Waals surface area contributed by atoms with Crippen LogP contribution >= 0.6 is 0 Å². The third-order valence-corrected chi connectivity index (χ3v) is 4.31. The fraction of sp³-hybridized carbons (Fsp3) is 0.588. The van der Waals surface area contributed by atoms with Crippen molar-refractivity contribution in [1.82, 2.24) is 10.2 Å². The second kappa shape index (κ2) is 8.15. The van der Waals surface area contributed by atoms with Crippen LogP contribution in [0.2, 0.25) is 0 Å². The van der Waals surface area contributed by atoms with Crippen molar-refractivity contribution >= 4 is 5.91 Å². The van der Waals surface area contributed by atoms with E-state index < -0.39 is 0 Å². The quantitative estimate of drug-likeness (QED) is 0.873. The van der Waals surface area contributed by atoms with Gasteiger partial charge >= 0.3 is 0 Å². The highest BCUT2D eigenvalue weighted by atomic mass is 16.3. The van der Waals surface area contributed by atoms with Crippen molar-refractivity contribution in [3.63, 3.8) is 0 Å². The molecule has 2 rings (SSSR count). The van der Waals surface area contributed by atoms with Gasteiger partial charge in [0.15, 0.2) is 0 Å². The standard InChI is InChI=1S/C17H26N2O2/c1-14(19-10-6-2-3-7-11-19)17(21)18-12-15-8-4-5-9-16(15)13-20/h4-5,8-9,14,20H,2-3,6-7,10-13H2,1H3,(H,18,21). The van der Waals surface area contributed by atoms with E-state index in [0.29, 0.717) is 6.54 Å². The Labute approximate surface area is 127 Å². The Morgan fingerprint density at radius 2 is 1.81 bits per heavy atom. The number of rotatable bonds is 5. The molecule has 0 radical (unpaired) electrons. The molecule has 1 unspecified atom stereocenters. The minimum atomic E-state index is -0.0793. The summed E-state index contributed by atoms with van der Waals surface area (Å²) in [5.74, 6) is 0.0737. The molecule has 0 aliphatic carbocycles. The van der Waals surface area contributed by atoms with Crippen LogP contribution in [0.4, 0.5) is 0 Å². The molecule has 2 N–H and O–H groups in total. The van der Waals surface area contributed by atoms with Gasteiger partial charge in [-0.2, -0.15) is 0 Å². The number of aliphatic hydroxyl groups is 1. The number of amides is 1. The molecule has 0 spiro atoms. The number of benzene rings is 1. The molecule has 1 heterocycles. The highest BCUT2D eigenvalue weighted by Crippen LogP contribution is 2.13. The molecule has 0 saturated carbocycles. The van der Waals surface area contributed by atoms with Gasteiger partial charge in [0.25, 0.3) is 0 Å².